The van der Waals surface area contributed by atoms with Crippen molar-refractivity contribution in [3.8, 4) is 11.5 Å². The smallest absolute Gasteiger partial charge is 0.331 e. The van der Waals surface area contributed by atoms with E-state index in [1.807, 2.05) is 0 Å². The molecule has 2 rings (SSSR count). The fourth-order valence-electron chi connectivity index (χ4n) is 2.06. The predicted molar refractivity (Wildman–Crippen MR) is 104 cm³/mol. The molecule has 2 aromatic rings. The number of esters is 1. The van der Waals surface area contributed by atoms with Crippen LogP contribution in [0.5, 0.6) is 11.5 Å². The summed E-state index contributed by atoms with van der Waals surface area (Å²) in [5, 5.41) is 1.09. The molecule has 4 nitrogen and oxygen atoms in total. The van der Waals surface area contributed by atoms with Crippen molar-refractivity contribution in [2.45, 2.75) is 6.61 Å². The Hall–Kier alpha value is -2.43. The summed E-state index contributed by atoms with van der Waals surface area (Å²) in [6, 6.07) is 10.5. The summed E-state index contributed by atoms with van der Waals surface area (Å²) in [4.78, 5) is 11.5. The maximum absolute atomic E-state index is 11.5. The third-order valence-corrected chi connectivity index (χ3v) is 3.93. The molecular formula is C20H18Cl2O4. The summed E-state index contributed by atoms with van der Waals surface area (Å²) < 4.78 is 16.0. The van der Waals surface area contributed by atoms with E-state index in [1.54, 1.807) is 49.6 Å². The van der Waals surface area contributed by atoms with Crippen LogP contribution < -0.4 is 9.47 Å². The molecule has 0 unspecified atom stereocenters. The average molecular weight is 393 g/mol. The first kappa shape index (κ1) is 19.9. The van der Waals surface area contributed by atoms with Crippen molar-refractivity contribution < 1.29 is 19.0 Å². The summed E-state index contributed by atoms with van der Waals surface area (Å²) >= 11 is 12.1. The lowest BCUT2D eigenvalue weighted by Gasteiger charge is -2.12. The second-order valence-electron chi connectivity index (χ2n) is 5.19. The molecule has 0 spiro atoms. The summed E-state index contributed by atoms with van der Waals surface area (Å²) in [6.07, 6.45) is 4.48. The lowest BCUT2D eigenvalue weighted by Crippen LogP contribution is -2.00. The topological polar surface area (TPSA) is 44.8 Å². The highest BCUT2D eigenvalue weighted by Gasteiger charge is 2.08. The van der Waals surface area contributed by atoms with Crippen LogP contribution in [-0.4, -0.2) is 19.7 Å². The minimum Gasteiger partial charge on any atom is -0.493 e. The number of rotatable bonds is 8. The Labute approximate surface area is 162 Å². The van der Waals surface area contributed by atoms with Crippen LogP contribution in [0.2, 0.25) is 10.0 Å². The van der Waals surface area contributed by atoms with Gasteiger partial charge in [0.25, 0.3) is 0 Å². The molecule has 0 fully saturated rings. The zero-order valence-corrected chi connectivity index (χ0v) is 15.7. The number of carbonyl (C=O) groups excluding carboxylic acids is 1. The summed E-state index contributed by atoms with van der Waals surface area (Å²) in [6.45, 7) is 3.91. The molecule has 6 heteroatoms. The fourth-order valence-corrected chi connectivity index (χ4v) is 2.52. The molecular weight excluding hydrogens is 375 g/mol. The van der Waals surface area contributed by atoms with Gasteiger partial charge in [-0.3, -0.25) is 0 Å². The molecule has 0 saturated carbocycles. The molecule has 0 bridgehead atoms. The van der Waals surface area contributed by atoms with Crippen molar-refractivity contribution in [1.29, 1.82) is 0 Å². The van der Waals surface area contributed by atoms with Crippen molar-refractivity contribution in [3.05, 3.63) is 76.3 Å². The lowest BCUT2D eigenvalue weighted by atomic mass is 10.2. The number of carbonyl (C=O) groups is 1. The van der Waals surface area contributed by atoms with Crippen LogP contribution in [-0.2, 0) is 16.1 Å². The van der Waals surface area contributed by atoms with E-state index in [9.17, 15) is 4.79 Å². The summed E-state index contributed by atoms with van der Waals surface area (Å²) in [5.74, 6) is 0.651. The van der Waals surface area contributed by atoms with Gasteiger partial charge in [0.1, 0.15) is 13.2 Å². The summed E-state index contributed by atoms with van der Waals surface area (Å²) in [7, 11) is 1.56. The minimum atomic E-state index is -0.448. The van der Waals surface area contributed by atoms with Gasteiger partial charge in [0.05, 0.1) is 7.11 Å². The molecule has 0 aliphatic heterocycles. The Morgan fingerprint density at radius 2 is 1.96 bits per heavy atom. The minimum absolute atomic E-state index is 0.169. The van der Waals surface area contributed by atoms with E-state index in [2.05, 4.69) is 6.58 Å². The second kappa shape index (κ2) is 9.90. The Kier molecular flexibility index (Phi) is 7.57. The lowest BCUT2D eigenvalue weighted by molar-refractivity contribution is -0.136. The largest absolute Gasteiger partial charge is 0.493 e. The quantitative estimate of drug-likeness (QED) is 0.346. The first-order valence-electron chi connectivity index (χ1n) is 7.74. The molecule has 0 saturated heterocycles. The van der Waals surface area contributed by atoms with E-state index in [1.165, 1.54) is 12.2 Å². The Bertz CT molecular complexity index is 815. The Morgan fingerprint density at radius 3 is 2.65 bits per heavy atom. The van der Waals surface area contributed by atoms with Crippen molar-refractivity contribution in [3.63, 3.8) is 0 Å². The highest BCUT2D eigenvalue weighted by molar-refractivity contribution is 6.35. The van der Waals surface area contributed by atoms with Crippen LogP contribution in [0, 0.1) is 0 Å². The monoisotopic (exact) mass is 392 g/mol. The second-order valence-corrected chi connectivity index (χ2v) is 6.03. The van der Waals surface area contributed by atoms with Gasteiger partial charge in [0.2, 0.25) is 0 Å². The molecule has 2 aromatic carbocycles. The standard InChI is InChI=1S/C20H18Cl2O4/c1-3-10-25-20(23)9-5-14-4-8-18(24-2)19(11-14)26-13-15-6-7-16(21)12-17(15)22/h3-9,11-12H,1,10,13H2,2H3/b9-5+. The maximum atomic E-state index is 11.5. The number of hydrogen-bond donors (Lipinski definition) is 0. The highest BCUT2D eigenvalue weighted by Crippen LogP contribution is 2.30. The van der Waals surface area contributed by atoms with Gasteiger partial charge >= 0.3 is 5.97 Å². The molecule has 26 heavy (non-hydrogen) atoms. The first-order chi connectivity index (χ1) is 12.5. The normalized spacial score (nSPS) is 10.6. The van der Waals surface area contributed by atoms with Crippen LogP contribution in [0.4, 0.5) is 0 Å². The number of ether oxygens (including phenoxy) is 3. The van der Waals surface area contributed by atoms with Crippen molar-refractivity contribution >= 4 is 35.2 Å². The third kappa shape index (κ3) is 5.83. The molecule has 0 amide bonds. The van der Waals surface area contributed by atoms with Crippen molar-refractivity contribution in [2.24, 2.45) is 0 Å². The van der Waals surface area contributed by atoms with Gasteiger partial charge < -0.3 is 14.2 Å². The van der Waals surface area contributed by atoms with Crippen LogP contribution in [0.1, 0.15) is 11.1 Å². The van der Waals surface area contributed by atoms with Gasteiger partial charge in [-0.25, -0.2) is 4.79 Å². The van der Waals surface area contributed by atoms with Gasteiger partial charge in [0.15, 0.2) is 11.5 Å². The molecule has 0 N–H and O–H groups in total. The Balaban J connectivity index is 2.12. The molecule has 0 aliphatic carbocycles. The molecule has 0 aromatic heterocycles. The van der Waals surface area contributed by atoms with Gasteiger partial charge in [-0.2, -0.15) is 0 Å². The SMILES string of the molecule is C=CCOC(=O)/C=C/c1ccc(OC)c(OCc2ccc(Cl)cc2Cl)c1. The average Bonchev–Trinajstić information content (AvgIpc) is 2.64. The maximum Gasteiger partial charge on any atom is 0.331 e. The van der Waals surface area contributed by atoms with E-state index in [0.717, 1.165) is 11.1 Å². The fraction of sp³-hybridized carbons (Fsp3) is 0.150. The molecule has 0 heterocycles. The van der Waals surface area contributed by atoms with Gasteiger partial charge in [0, 0.05) is 21.7 Å². The predicted octanol–water partition coefficient (Wildman–Crippen LogP) is 5.32. The molecule has 136 valence electrons. The van der Waals surface area contributed by atoms with Crippen LogP contribution in [0.3, 0.4) is 0 Å². The number of benzene rings is 2. The molecule has 0 aliphatic rings. The van der Waals surface area contributed by atoms with Gasteiger partial charge in [-0.05, 0) is 35.9 Å². The van der Waals surface area contributed by atoms with E-state index in [4.69, 9.17) is 37.4 Å². The van der Waals surface area contributed by atoms with E-state index < -0.39 is 5.97 Å². The van der Waals surface area contributed by atoms with Crippen molar-refractivity contribution in [1.82, 2.24) is 0 Å². The van der Waals surface area contributed by atoms with E-state index >= 15 is 0 Å². The van der Waals surface area contributed by atoms with Crippen molar-refractivity contribution in [2.75, 3.05) is 13.7 Å². The van der Waals surface area contributed by atoms with Gasteiger partial charge in [-0.15, -0.1) is 0 Å². The Morgan fingerprint density at radius 1 is 1.15 bits per heavy atom. The zero-order chi connectivity index (χ0) is 18.9. The van der Waals surface area contributed by atoms with Gasteiger partial charge in [-0.1, -0.05) is 48.0 Å². The molecule has 0 radical (unpaired) electrons. The van der Waals surface area contributed by atoms with E-state index in [-0.39, 0.29) is 13.2 Å². The van der Waals surface area contributed by atoms with Crippen LogP contribution >= 0.6 is 23.2 Å². The highest BCUT2D eigenvalue weighted by atomic mass is 35.5. The number of hydrogen-bond acceptors (Lipinski definition) is 4. The number of methoxy groups -OCH3 is 1. The molecule has 0 atom stereocenters. The number of halogens is 2. The van der Waals surface area contributed by atoms with Crippen LogP contribution in [0.15, 0.2) is 55.1 Å². The third-order valence-electron chi connectivity index (χ3n) is 3.34. The summed E-state index contributed by atoms with van der Waals surface area (Å²) in [5.41, 5.74) is 1.56. The van der Waals surface area contributed by atoms with Crippen LogP contribution in [0.25, 0.3) is 6.08 Å². The zero-order valence-electron chi connectivity index (χ0n) is 14.2. The van der Waals surface area contributed by atoms with E-state index in [0.29, 0.717) is 21.5 Å². The first-order valence-corrected chi connectivity index (χ1v) is 8.49.